The highest BCUT2D eigenvalue weighted by molar-refractivity contribution is 5.85. The van der Waals surface area contributed by atoms with Crippen LogP contribution in [0.15, 0.2) is 36.0 Å². The summed E-state index contributed by atoms with van der Waals surface area (Å²) in [5.41, 5.74) is 1.15. The zero-order chi connectivity index (χ0) is 14.1. The molecule has 0 aliphatic carbocycles. The number of anilines is 2. The number of benzene rings is 1. The van der Waals surface area contributed by atoms with Gasteiger partial charge >= 0.3 is 6.09 Å². The Kier molecular flexibility index (Phi) is 5.45. The van der Waals surface area contributed by atoms with Crippen LogP contribution in [0.2, 0.25) is 0 Å². The second-order valence-electron chi connectivity index (χ2n) is 3.35. The molecule has 1 rings (SSSR count). The molecule has 0 heterocycles. The van der Waals surface area contributed by atoms with Gasteiger partial charge in [-0.3, -0.25) is 5.32 Å². The number of allylic oxidation sites excluding steroid dienone is 1. The lowest BCUT2D eigenvalue weighted by atomic mass is 10.2. The number of hydrogen-bond donors (Lipinski definition) is 2. The number of rotatable bonds is 4. The average Bonchev–Trinajstić information content (AvgIpc) is 2.40. The molecule has 1 aromatic carbocycles. The first-order chi connectivity index (χ1) is 9.19. The Morgan fingerprint density at radius 3 is 2.68 bits per heavy atom. The van der Waals surface area contributed by atoms with Crippen LogP contribution in [0.25, 0.3) is 0 Å². The third-order valence-corrected chi connectivity index (χ3v) is 2.01. The molecule has 6 heteroatoms. The van der Waals surface area contributed by atoms with Crippen molar-refractivity contribution in [3.63, 3.8) is 0 Å². The minimum Gasteiger partial charge on any atom is -0.450 e. The number of ether oxygens (including phenoxy) is 1. The third-order valence-electron chi connectivity index (χ3n) is 2.01. The summed E-state index contributed by atoms with van der Waals surface area (Å²) >= 11 is 0. The maximum absolute atomic E-state index is 11.2. The molecule has 1 amide bonds. The zero-order valence-corrected chi connectivity index (χ0v) is 10.3. The van der Waals surface area contributed by atoms with E-state index in [0.717, 1.165) is 0 Å². The van der Waals surface area contributed by atoms with Gasteiger partial charge in [-0.2, -0.15) is 10.5 Å². The summed E-state index contributed by atoms with van der Waals surface area (Å²) in [7, 11) is 0. The van der Waals surface area contributed by atoms with Crippen LogP contribution < -0.4 is 10.6 Å². The Hall–Kier alpha value is -2.99. The maximum Gasteiger partial charge on any atom is 0.411 e. The Morgan fingerprint density at radius 1 is 1.37 bits per heavy atom. The fraction of sp³-hybridized carbons (Fsp3) is 0.154. The number of amides is 1. The maximum atomic E-state index is 11.2. The van der Waals surface area contributed by atoms with Gasteiger partial charge in [-0.15, -0.1) is 0 Å². The van der Waals surface area contributed by atoms with E-state index in [1.54, 1.807) is 43.3 Å². The molecule has 2 N–H and O–H groups in total. The Bertz CT molecular complexity index is 551. The molecule has 0 spiro atoms. The molecule has 1 aromatic rings. The van der Waals surface area contributed by atoms with Gasteiger partial charge in [0.2, 0.25) is 0 Å². The van der Waals surface area contributed by atoms with Crippen molar-refractivity contribution >= 4 is 17.5 Å². The van der Waals surface area contributed by atoms with Gasteiger partial charge in [0.25, 0.3) is 0 Å². The summed E-state index contributed by atoms with van der Waals surface area (Å²) < 4.78 is 4.75. The van der Waals surface area contributed by atoms with Crippen molar-refractivity contribution in [3.8, 4) is 12.1 Å². The summed E-state index contributed by atoms with van der Waals surface area (Å²) in [5.74, 6) is 0. The Balaban J connectivity index is 2.73. The number of carbonyl (C=O) groups excluding carboxylic acids is 1. The lowest BCUT2D eigenvalue weighted by molar-refractivity contribution is 0.168. The molecule has 0 fully saturated rings. The smallest absolute Gasteiger partial charge is 0.411 e. The predicted octanol–water partition coefficient (Wildman–Crippen LogP) is 2.60. The quantitative estimate of drug-likeness (QED) is 0.807. The number of nitriles is 2. The van der Waals surface area contributed by atoms with Gasteiger partial charge in [0.15, 0.2) is 0 Å². The Morgan fingerprint density at radius 2 is 2.05 bits per heavy atom. The SMILES string of the molecule is CCOC(=O)Nc1cccc(NC=C(C#N)C#N)c1. The number of nitrogens with one attached hydrogen (secondary N) is 2. The fourth-order valence-corrected chi connectivity index (χ4v) is 1.22. The largest absolute Gasteiger partial charge is 0.450 e. The van der Waals surface area contributed by atoms with Gasteiger partial charge in [0, 0.05) is 17.6 Å². The van der Waals surface area contributed by atoms with Crippen LogP contribution in [0.1, 0.15) is 6.92 Å². The first-order valence-corrected chi connectivity index (χ1v) is 5.50. The van der Waals surface area contributed by atoms with E-state index in [1.165, 1.54) is 6.20 Å². The second kappa shape index (κ2) is 7.36. The minimum absolute atomic E-state index is 0.0382. The van der Waals surface area contributed by atoms with Gasteiger partial charge in [-0.1, -0.05) is 6.07 Å². The molecule has 0 aliphatic rings. The molecule has 0 aliphatic heterocycles. The van der Waals surface area contributed by atoms with Crippen LogP contribution >= 0.6 is 0 Å². The van der Waals surface area contributed by atoms with Crippen molar-refractivity contribution in [3.05, 3.63) is 36.0 Å². The lowest BCUT2D eigenvalue weighted by Gasteiger charge is -2.07. The van der Waals surface area contributed by atoms with Crippen LogP contribution in [-0.2, 0) is 4.74 Å². The van der Waals surface area contributed by atoms with E-state index in [-0.39, 0.29) is 5.57 Å². The van der Waals surface area contributed by atoms with Gasteiger partial charge in [0.1, 0.15) is 17.7 Å². The molecular formula is C13H12N4O2. The highest BCUT2D eigenvalue weighted by atomic mass is 16.5. The second-order valence-corrected chi connectivity index (χ2v) is 3.35. The third kappa shape index (κ3) is 4.80. The summed E-state index contributed by atoms with van der Waals surface area (Å²) in [6, 6.07) is 10.3. The molecule has 0 radical (unpaired) electrons. The molecule has 0 atom stereocenters. The van der Waals surface area contributed by atoms with Crippen LogP contribution in [-0.4, -0.2) is 12.7 Å². The first kappa shape index (κ1) is 14.1. The molecule has 96 valence electrons. The monoisotopic (exact) mass is 256 g/mol. The number of nitrogens with zero attached hydrogens (tertiary/aromatic N) is 2. The van der Waals surface area contributed by atoms with Gasteiger partial charge < -0.3 is 10.1 Å². The van der Waals surface area contributed by atoms with E-state index < -0.39 is 6.09 Å². The topological polar surface area (TPSA) is 97.9 Å². The van der Waals surface area contributed by atoms with E-state index in [0.29, 0.717) is 18.0 Å². The molecule has 6 nitrogen and oxygen atoms in total. The summed E-state index contributed by atoms with van der Waals surface area (Å²) in [5, 5.41) is 22.5. The number of hydrogen-bond acceptors (Lipinski definition) is 5. The normalized spacial score (nSPS) is 8.58. The zero-order valence-electron chi connectivity index (χ0n) is 10.3. The molecule has 0 saturated carbocycles. The van der Waals surface area contributed by atoms with E-state index in [1.807, 2.05) is 0 Å². The average molecular weight is 256 g/mol. The van der Waals surface area contributed by atoms with Crippen LogP contribution in [0, 0.1) is 22.7 Å². The van der Waals surface area contributed by atoms with Crippen molar-refractivity contribution in [2.24, 2.45) is 0 Å². The molecule has 0 saturated heterocycles. The van der Waals surface area contributed by atoms with Crippen molar-refractivity contribution in [2.75, 3.05) is 17.2 Å². The summed E-state index contributed by atoms with van der Waals surface area (Å²) in [4.78, 5) is 11.2. The highest BCUT2D eigenvalue weighted by Crippen LogP contribution is 2.15. The molecule has 19 heavy (non-hydrogen) atoms. The van der Waals surface area contributed by atoms with Gasteiger partial charge in [-0.25, -0.2) is 4.79 Å². The van der Waals surface area contributed by atoms with Crippen molar-refractivity contribution in [1.29, 1.82) is 10.5 Å². The van der Waals surface area contributed by atoms with Crippen LogP contribution in [0.3, 0.4) is 0 Å². The predicted molar refractivity (Wildman–Crippen MR) is 70.0 cm³/mol. The van der Waals surface area contributed by atoms with E-state index >= 15 is 0 Å². The molecular weight excluding hydrogens is 244 g/mol. The molecule has 0 aromatic heterocycles. The van der Waals surface area contributed by atoms with Crippen molar-refractivity contribution in [2.45, 2.75) is 6.92 Å². The highest BCUT2D eigenvalue weighted by Gasteiger charge is 2.02. The number of carbonyl (C=O) groups is 1. The van der Waals surface area contributed by atoms with E-state index in [4.69, 9.17) is 15.3 Å². The van der Waals surface area contributed by atoms with Gasteiger partial charge in [-0.05, 0) is 25.1 Å². The summed E-state index contributed by atoms with van der Waals surface area (Å²) in [6.45, 7) is 2.01. The van der Waals surface area contributed by atoms with Gasteiger partial charge in [0.05, 0.1) is 6.61 Å². The summed E-state index contributed by atoms with van der Waals surface area (Å²) in [6.07, 6.45) is 0.758. The molecule has 0 unspecified atom stereocenters. The van der Waals surface area contributed by atoms with Crippen LogP contribution in [0.4, 0.5) is 16.2 Å². The van der Waals surface area contributed by atoms with Crippen LogP contribution in [0.5, 0.6) is 0 Å². The molecule has 0 bridgehead atoms. The van der Waals surface area contributed by atoms with Crippen molar-refractivity contribution in [1.82, 2.24) is 0 Å². The fourth-order valence-electron chi connectivity index (χ4n) is 1.22. The van der Waals surface area contributed by atoms with E-state index in [9.17, 15) is 4.79 Å². The minimum atomic E-state index is -0.537. The Labute approximate surface area is 110 Å². The van der Waals surface area contributed by atoms with E-state index in [2.05, 4.69) is 10.6 Å². The lowest BCUT2D eigenvalue weighted by Crippen LogP contribution is -2.13. The first-order valence-electron chi connectivity index (χ1n) is 5.50. The standard InChI is InChI=1S/C13H12N4O2/c1-2-19-13(18)17-12-5-3-4-11(6-12)16-9-10(7-14)8-15/h3-6,9,16H,2H2,1H3,(H,17,18). The van der Waals surface area contributed by atoms with Crippen molar-refractivity contribution < 1.29 is 9.53 Å².